The van der Waals surface area contributed by atoms with E-state index in [0.717, 1.165) is 6.42 Å². The normalized spacial score (nSPS) is 8.59. The van der Waals surface area contributed by atoms with Gasteiger partial charge in [-0.25, -0.2) is 0 Å². The van der Waals surface area contributed by atoms with E-state index in [1.165, 1.54) is 43.5 Å². The summed E-state index contributed by atoms with van der Waals surface area (Å²) in [4.78, 5) is 10.1. The van der Waals surface area contributed by atoms with Gasteiger partial charge in [0.05, 0.1) is 5.97 Å². The van der Waals surface area contributed by atoms with Crippen LogP contribution >= 0.6 is 0 Å². The first-order chi connectivity index (χ1) is 7.61. The Bertz CT molecular complexity index is 292. The Balaban J connectivity index is 0. The van der Waals surface area contributed by atoms with E-state index >= 15 is 0 Å². The second-order valence-electron chi connectivity index (χ2n) is 3.39. The minimum Gasteiger partial charge on any atom is -0.545 e. The molecule has 17 heavy (non-hydrogen) atoms. The molecule has 90 valence electrons. The van der Waals surface area contributed by atoms with Gasteiger partial charge in [0.25, 0.3) is 0 Å². The van der Waals surface area contributed by atoms with Gasteiger partial charge in [-0.3, -0.25) is 0 Å². The van der Waals surface area contributed by atoms with Crippen LogP contribution in [0, 0.1) is 6.92 Å². The van der Waals surface area contributed by atoms with E-state index in [1.807, 2.05) is 0 Å². The topological polar surface area (TPSA) is 60.4 Å². The molecule has 0 spiro atoms. The second-order valence-corrected chi connectivity index (χ2v) is 3.39. The van der Waals surface area contributed by atoms with Crippen molar-refractivity contribution in [2.75, 3.05) is 0 Å². The fourth-order valence-corrected chi connectivity index (χ4v) is 1.02. The van der Waals surface area contributed by atoms with Crippen molar-refractivity contribution in [2.45, 2.75) is 32.6 Å². The van der Waals surface area contributed by atoms with Gasteiger partial charge in [0.2, 0.25) is 0 Å². The number of hydrogen-bond donors (Lipinski definition) is 1. The zero-order valence-electron chi connectivity index (χ0n) is 10.3. The number of aromatic hydroxyl groups is 1. The predicted molar refractivity (Wildman–Crippen MR) is 67.7 cm³/mol. The molecule has 0 unspecified atom stereocenters. The maximum atomic E-state index is 10.1. The first-order valence-corrected chi connectivity index (χ1v) is 5.41. The van der Waals surface area contributed by atoms with E-state index in [2.05, 4.69) is 13.8 Å². The van der Waals surface area contributed by atoms with E-state index in [-0.39, 0.29) is 49.1 Å². The molecule has 0 aliphatic heterocycles. The molecule has 0 heterocycles. The summed E-state index contributed by atoms with van der Waals surface area (Å²) in [6, 6.07) is 5.16. The molecule has 0 aliphatic carbocycles. The summed E-state index contributed by atoms with van der Waals surface area (Å²) in [5.74, 6) is -1.19. The molecule has 0 atom stereocenters. The third-order valence-corrected chi connectivity index (χ3v) is 1.96. The average molecular weight is 262 g/mol. The van der Waals surface area contributed by atoms with E-state index in [1.54, 1.807) is 0 Å². The van der Waals surface area contributed by atoms with E-state index in [9.17, 15) is 9.90 Å². The minimum atomic E-state index is -1.24. The smallest absolute Gasteiger partial charge is 0.545 e. The summed E-state index contributed by atoms with van der Waals surface area (Å²) in [5.41, 5.74) is 0.0674. The third-order valence-electron chi connectivity index (χ3n) is 1.96. The van der Waals surface area contributed by atoms with Crippen LogP contribution in [0.4, 0.5) is 0 Å². The van der Waals surface area contributed by atoms with Crippen LogP contribution < -0.4 is 5.11 Å². The number of phenolic OH excluding ortho intramolecular Hbond substituents is 1. The van der Waals surface area contributed by atoms with Crippen molar-refractivity contribution in [1.82, 2.24) is 0 Å². The predicted octanol–water partition coefficient (Wildman–Crippen LogP) is 1.78. The molecule has 3 nitrogen and oxygen atoms in total. The summed E-state index contributed by atoms with van der Waals surface area (Å²) in [5, 5.41) is 18.8. The standard InChI is InChI=1S/C7H6O3.C6H13.Ca/c8-6-3-1-5(2-4-6)7(9)10;1-3-5-6-4-2;/h1-4,8H,(H,9,10);1,3-6H2,2H3;/q;-1;+2/p-1. The number of carbonyl (C=O) groups is 1. The summed E-state index contributed by atoms with van der Waals surface area (Å²) < 4.78 is 0. The molecule has 1 N–H and O–H groups in total. The molecule has 0 saturated heterocycles. The molecular weight excluding hydrogens is 244 g/mol. The second kappa shape index (κ2) is 12.2. The van der Waals surface area contributed by atoms with Gasteiger partial charge >= 0.3 is 37.7 Å². The van der Waals surface area contributed by atoms with E-state index in [4.69, 9.17) is 5.11 Å². The Morgan fingerprint density at radius 2 is 1.82 bits per heavy atom. The van der Waals surface area contributed by atoms with Gasteiger partial charge in [-0.2, -0.15) is 6.42 Å². The maximum absolute atomic E-state index is 10.1. The Morgan fingerprint density at radius 1 is 1.29 bits per heavy atom. The molecule has 0 radical (unpaired) electrons. The van der Waals surface area contributed by atoms with E-state index < -0.39 is 5.97 Å². The first kappa shape index (κ1) is 19.1. The van der Waals surface area contributed by atoms with Crippen molar-refractivity contribution < 1.29 is 15.0 Å². The molecular formula is C13H18CaO3. The van der Waals surface area contributed by atoms with Crippen molar-refractivity contribution in [3.63, 3.8) is 0 Å². The number of benzene rings is 1. The average Bonchev–Trinajstić information content (AvgIpc) is 2.28. The Kier molecular flexibility index (Phi) is 13.7. The maximum Gasteiger partial charge on any atom is 2.00 e. The van der Waals surface area contributed by atoms with Gasteiger partial charge in [-0.1, -0.05) is 26.2 Å². The van der Waals surface area contributed by atoms with Crippen molar-refractivity contribution in [3.8, 4) is 5.75 Å². The van der Waals surface area contributed by atoms with Crippen LogP contribution in [0.2, 0.25) is 0 Å². The Labute approximate surface area is 133 Å². The van der Waals surface area contributed by atoms with Crippen LogP contribution in [0.5, 0.6) is 5.75 Å². The zero-order valence-corrected chi connectivity index (χ0v) is 12.5. The number of aromatic carboxylic acids is 1. The largest absolute Gasteiger partial charge is 2.00 e. The molecule has 0 amide bonds. The number of carboxylic acid groups (broad SMARTS) is 1. The zero-order chi connectivity index (χ0) is 12.4. The number of hydrogen-bond acceptors (Lipinski definition) is 3. The molecule has 0 saturated carbocycles. The van der Waals surface area contributed by atoms with Gasteiger partial charge in [-0.05, 0) is 29.8 Å². The fraction of sp³-hybridized carbons (Fsp3) is 0.385. The van der Waals surface area contributed by atoms with Crippen molar-refractivity contribution in [3.05, 3.63) is 36.8 Å². The van der Waals surface area contributed by atoms with Crippen LogP contribution in [0.3, 0.4) is 0 Å². The molecule has 0 aliphatic rings. The van der Waals surface area contributed by atoms with Crippen LogP contribution in [0.15, 0.2) is 24.3 Å². The van der Waals surface area contributed by atoms with Crippen LogP contribution in [-0.4, -0.2) is 48.8 Å². The van der Waals surface area contributed by atoms with Crippen LogP contribution in [0.25, 0.3) is 0 Å². The molecule has 0 bridgehead atoms. The molecule has 1 aromatic rings. The summed E-state index contributed by atoms with van der Waals surface area (Å²) in [7, 11) is 0. The van der Waals surface area contributed by atoms with Crippen molar-refractivity contribution >= 4 is 43.7 Å². The van der Waals surface area contributed by atoms with Crippen LogP contribution in [0.1, 0.15) is 43.0 Å². The van der Waals surface area contributed by atoms with Crippen molar-refractivity contribution in [1.29, 1.82) is 0 Å². The van der Waals surface area contributed by atoms with Gasteiger partial charge in [0.1, 0.15) is 5.75 Å². The fourth-order valence-electron chi connectivity index (χ4n) is 1.02. The number of carbonyl (C=O) groups excluding carboxylic acids is 1. The number of phenols is 1. The van der Waals surface area contributed by atoms with Gasteiger partial charge in [-0.15, -0.1) is 0 Å². The molecule has 0 aromatic heterocycles. The SMILES string of the molecule is O=C([O-])c1ccc(O)cc1.[CH2-]CCCCC.[Ca+2]. The van der Waals surface area contributed by atoms with Gasteiger partial charge < -0.3 is 21.9 Å². The van der Waals surface area contributed by atoms with Gasteiger partial charge in [0.15, 0.2) is 0 Å². The summed E-state index contributed by atoms with van der Waals surface area (Å²) in [6.45, 7) is 5.93. The Morgan fingerprint density at radius 3 is 2.12 bits per heavy atom. The van der Waals surface area contributed by atoms with Crippen LogP contribution in [-0.2, 0) is 0 Å². The number of rotatable bonds is 4. The molecule has 4 heteroatoms. The molecule has 0 fully saturated rings. The summed E-state index contributed by atoms with van der Waals surface area (Å²) >= 11 is 0. The van der Waals surface area contributed by atoms with Gasteiger partial charge in [0, 0.05) is 0 Å². The van der Waals surface area contributed by atoms with E-state index in [0.29, 0.717) is 0 Å². The Hall–Kier alpha value is -0.250. The third kappa shape index (κ3) is 10.6. The molecule has 1 aromatic carbocycles. The quantitative estimate of drug-likeness (QED) is 0.511. The monoisotopic (exact) mass is 262 g/mol. The number of unbranched alkanes of at least 4 members (excludes halogenated alkanes) is 3. The minimum absolute atomic E-state index is 0. The summed E-state index contributed by atoms with van der Waals surface area (Å²) in [6.07, 6.45) is 5.07. The first-order valence-electron chi connectivity index (χ1n) is 5.41. The number of carboxylic acids is 1. The van der Waals surface area contributed by atoms with Crippen molar-refractivity contribution in [2.24, 2.45) is 0 Å². The molecule has 1 rings (SSSR count).